The summed E-state index contributed by atoms with van der Waals surface area (Å²) in [7, 11) is 0. The van der Waals surface area contributed by atoms with Gasteiger partial charge in [-0.25, -0.2) is 4.39 Å². The first-order valence-corrected chi connectivity index (χ1v) is 8.86. The molecule has 2 amide bonds. The highest BCUT2D eigenvalue weighted by Gasteiger charge is 2.38. The minimum absolute atomic E-state index is 0.0142. The highest BCUT2D eigenvalue weighted by atomic mass is 19.1. The van der Waals surface area contributed by atoms with E-state index in [1.807, 2.05) is 44.2 Å². The Morgan fingerprint density at radius 3 is 2.46 bits per heavy atom. The van der Waals surface area contributed by atoms with Gasteiger partial charge in [0.2, 0.25) is 11.8 Å². The number of carbonyl (C=O) groups excluding carboxylic acids is 2. The molecule has 1 fully saturated rings. The molecule has 4 nitrogen and oxygen atoms in total. The van der Waals surface area contributed by atoms with Crippen LogP contribution in [0.1, 0.15) is 25.8 Å². The van der Waals surface area contributed by atoms with Gasteiger partial charge in [-0.05, 0) is 31.5 Å². The highest BCUT2D eigenvalue weighted by molar-refractivity contribution is 6.00. The van der Waals surface area contributed by atoms with Crippen LogP contribution in [0.15, 0.2) is 54.6 Å². The molecule has 0 N–H and O–H groups in total. The van der Waals surface area contributed by atoms with E-state index in [9.17, 15) is 14.0 Å². The predicted octanol–water partition coefficient (Wildman–Crippen LogP) is 3.62. The maximum Gasteiger partial charge on any atom is 0.228 e. The van der Waals surface area contributed by atoms with E-state index in [1.54, 1.807) is 23.1 Å². The van der Waals surface area contributed by atoms with Gasteiger partial charge in [0.25, 0.3) is 0 Å². The summed E-state index contributed by atoms with van der Waals surface area (Å²) in [5, 5.41) is 0. The van der Waals surface area contributed by atoms with Gasteiger partial charge in [0.05, 0.1) is 11.6 Å². The second-order valence-electron chi connectivity index (χ2n) is 6.90. The number of rotatable bonds is 5. The number of para-hydroxylation sites is 1. The van der Waals surface area contributed by atoms with E-state index in [0.717, 1.165) is 5.56 Å². The van der Waals surface area contributed by atoms with Gasteiger partial charge >= 0.3 is 0 Å². The molecule has 0 bridgehead atoms. The summed E-state index contributed by atoms with van der Waals surface area (Å²) in [5.74, 6) is -1.17. The van der Waals surface area contributed by atoms with Crippen molar-refractivity contribution in [2.24, 2.45) is 5.92 Å². The quantitative estimate of drug-likeness (QED) is 0.823. The van der Waals surface area contributed by atoms with Crippen LogP contribution >= 0.6 is 0 Å². The Morgan fingerprint density at radius 2 is 1.81 bits per heavy atom. The van der Waals surface area contributed by atoms with E-state index in [4.69, 9.17) is 0 Å². The van der Waals surface area contributed by atoms with Crippen molar-refractivity contribution in [2.45, 2.75) is 32.9 Å². The van der Waals surface area contributed by atoms with Gasteiger partial charge in [-0.15, -0.1) is 0 Å². The third kappa shape index (κ3) is 3.77. The molecule has 2 aromatic rings. The summed E-state index contributed by atoms with van der Waals surface area (Å²) in [6, 6.07) is 16.0. The van der Waals surface area contributed by atoms with Crippen molar-refractivity contribution in [3.8, 4) is 0 Å². The molecule has 1 saturated heterocycles. The van der Waals surface area contributed by atoms with Crippen LogP contribution in [-0.2, 0) is 16.1 Å². The van der Waals surface area contributed by atoms with Crippen molar-refractivity contribution in [3.05, 3.63) is 66.0 Å². The normalized spacial score (nSPS) is 17.0. The van der Waals surface area contributed by atoms with E-state index < -0.39 is 11.7 Å². The van der Waals surface area contributed by atoms with Crippen molar-refractivity contribution in [3.63, 3.8) is 0 Å². The van der Waals surface area contributed by atoms with Gasteiger partial charge in [0.1, 0.15) is 5.82 Å². The Morgan fingerprint density at radius 1 is 1.15 bits per heavy atom. The Kier molecular flexibility index (Phi) is 5.35. The van der Waals surface area contributed by atoms with Crippen LogP contribution in [0.4, 0.5) is 10.1 Å². The second kappa shape index (κ2) is 7.68. The van der Waals surface area contributed by atoms with E-state index in [0.29, 0.717) is 6.54 Å². The molecule has 0 radical (unpaired) electrons. The van der Waals surface area contributed by atoms with E-state index in [2.05, 4.69) is 0 Å². The van der Waals surface area contributed by atoms with Gasteiger partial charge in [-0.1, -0.05) is 42.5 Å². The molecule has 0 spiro atoms. The number of nitrogens with zero attached hydrogens (tertiary/aromatic N) is 2. The molecule has 2 aromatic carbocycles. The van der Waals surface area contributed by atoms with Gasteiger partial charge in [0.15, 0.2) is 0 Å². The smallest absolute Gasteiger partial charge is 0.228 e. The summed E-state index contributed by atoms with van der Waals surface area (Å²) in [6.07, 6.45) is 0.116. The molecule has 1 aliphatic heterocycles. The predicted molar refractivity (Wildman–Crippen MR) is 99.0 cm³/mol. The van der Waals surface area contributed by atoms with Gasteiger partial charge in [0, 0.05) is 25.6 Å². The van der Waals surface area contributed by atoms with Crippen molar-refractivity contribution in [1.29, 1.82) is 0 Å². The molecule has 1 aliphatic rings. The van der Waals surface area contributed by atoms with E-state index >= 15 is 0 Å². The first-order valence-electron chi connectivity index (χ1n) is 8.86. The third-order valence-electron chi connectivity index (χ3n) is 4.72. The topological polar surface area (TPSA) is 40.6 Å². The lowest BCUT2D eigenvalue weighted by atomic mass is 10.1. The molecular formula is C21H23FN2O2. The summed E-state index contributed by atoms with van der Waals surface area (Å²) < 4.78 is 14.0. The number of amides is 2. The number of carbonyl (C=O) groups is 2. The first-order chi connectivity index (χ1) is 12.5. The molecule has 0 aliphatic carbocycles. The van der Waals surface area contributed by atoms with Crippen LogP contribution in [0, 0.1) is 11.7 Å². The first kappa shape index (κ1) is 18.1. The zero-order valence-electron chi connectivity index (χ0n) is 15.1. The monoisotopic (exact) mass is 354 g/mol. The number of hydrogen-bond donors (Lipinski definition) is 0. The third-order valence-corrected chi connectivity index (χ3v) is 4.72. The molecule has 1 heterocycles. The Labute approximate surface area is 153 Å². The van der Waals surface area contributed by atoms with Crippen molar-refractivity contribution in [1.82, 2.24) is 4.90 Å². The van der Waals surface area contributed by atoms with E-state index in [1.165, 1.54) is 11.0 Å². The molecule has 136 valence electrons. The fourth-order valence-corrected chi connectivity index (χ4v) is 3.31. The van der Waals surface area contributed by atoms with Crippen LogP contribution in [-0.4, -0.2) is 29.3 Å². The van der Waals surface area contributed by atoms with Crippen LogP contribution < -0.4 is 4.90 Å². The summed E-state index contributed by atoms with van der Waals surface area (Å²) in [5.41, 5.74) is 1.29. The zero-order chi connectivity index (χ0) is 18.7. The molecule has 1 atom stereocenters. The Hall–Kier alpha value is -2.69. The largest absolute Gasteiger partial charge is 0.336 e. The fourth-order valence-electron chi connectivity index (χ4n) is 3.31. The fraction of sp³-hybridized carbons (Fsp3) is 0.333. The summed E-state index contributed by atoms with van der Waals surface area (Å²) >= 11 is 0. The number of anilines is 1. The van der Waals surface area contributed by atoms with Crippen LogP contribution in [0.2, 0.25) is 0 Å². The van der Waals surface area contributed by atoms with Crippen molar-refractivity contribution < 1.29 is 14.0 Å². The van der Waals surface area contributed by atoms with Crippen molar-refractivity contribution >= 4 is 17.5 Å². The van der Waals surface area contributed by atoms with Crippen LogP contribution in [0.3, 0.4) is 0 Å². The molecule has 5 heteroatoms. The second-order valence-corrected chi connectivity index (χ2v) is 6.90. The lowest BCUT2D eigenvalue weighted by Crippen LogP contribution is -2.41. The molecule has 1 unspecified atom stereocenters. The van der Waals surface area contributed by atoms with Gasteiger partial charge in [-0.3, -0.25) is 9.59 Å². The minimum atomic E-state index is -0.451. The standard InChI is InChI=1S/C21H23FN2O2/c1-15(2)23(13-16-8-4-3-5-9-16)21(26)17-12-20(25)24(14-17)19-11-7-6-10-18(19)22/h3-11,15,17H,12-14H2,1-2H3. The maximum atomic E-state index is 14.0. The summed E-state index contributed by atoms with van der Waals surface area (Å²) in [4.78, 5) is 28.6. The lowest BCUT2D eigenvalue weighted by Gasteiger charge is -2.29. The Bertz CT molecular complexity index is 792. The van der Waals surface area contributed by atoms with Crippen LogP contribution in [0.5, 0.6) is 0 Å². The number of hydrogen-bond acceptors (Lipinski definition) is 2. The molecule has 0 aromatic heterocycles. The Balaban J connectivity index is 1.76. The zero-order valence-corrected chi connectivity index (χ0v) is 15.1. The SMILES string of the molecule is CC(C)N(Cc1ccccc1)C(=O)C1CC(=O)N(c2ccccc2F)C1. The average Bonchev–Trinajstić information content (AvgIpc) is 3.02. The van der Waals surface area contributed by atoms with Crippen LogP contribution in [0.25, 0.3) is 0 Å². The average molecular weight is 354 g/mol. The number of halogens is 1. The van der Waals surface area contributed by atoms with E-state index in [-0.39, 0.29) is 36.5 Å². The highest BCUT2D eigenvalue weighted by Crippen LogP contribution is 2.29. The number of benzene rings is 2. The minimum Gasteiger partial charge on any atom is -0.336 e. The van der Waals surface area contributed by atoms with Crippen molar-refractivity contribution in [2.75, 3.05) is 11.4 Å². The van der Waals surface area contributed by atoms with Gasteiger partial charge in [-0.2, -0.15) is 0 Å². The molecular weight excluding hydrogens is 331 g/mol. The molecule has 26 heavy (non-hydrogen) atoms. The van der Waals surface area contributed by atoms with Gasteiger partial charge < -0.3 is 9.80 Å². The maximum absolute atomic E-state index is 14.0. The molecule has 3 rings (SSSR count). The lowest BCUT2D eigenvalue weighted by molar-refractivity contribution is -0.138. The summed E-state index contributed by atoms with van der Waals surface area (Å²) in [6.45, 7) is 4.65. The molecule has 0 saturated carbocycles.